The fourth-order valence-corrected chi connectivity index (χ4v) is 2.00. The summed E-state index contributed by atoms with van der Waals surface area (Å²) in [6.45, 7) is 4.18. The van der Waals surface area contributed by atoms with E-state index in [1.165, 1.54) is 16.7 Å². The lowest BCUT2D eigenvalue weighted by Crippen LogP contribution is -2.16. The minimum atomic E-state index is -0.154. The predicted molar refractivity (Wildman–Crippen MR) is 75.1 cm³/mol. The molecule has 2 aromatic rings. The first-order valence-corrected chi connectivity index (χ1v) is 6.29. The van der Waals surface area contributed by atoms with Crippen molar-refractivity contribution in [2.75, 3.05) is 7.11 Å². The van der Waals surface area contributed by atoms with Gasteiger partial charge < -0.3 is 10.5 Å². The second kappa shape index (κ2) is 5.80. The van der Waals surface area contributed by atoms with E-state index in [1.807, 2.05) is 6.07 Å². The van der Waals surface area contributed by atoms with Crippen LogP contribution in [0.1, 0.15) is 28.4 Å². The molecule has 1 heterocycles. The van der Waals surface area contributed by atoms with Gasteiger partial charge in [0, 0.05) is 6.07 Å². The Kier molecular flexibility index (Phi) is 4.12. The fourth-order valence-electron chi connectivity index (χ4n) is 2.00. The second-order valence-corrected chi connectivity index (χ2v) is 4.74. The summed E-state index contributed by atoms with van der Waals surface area (Å²) in [7, 11) is 1.57. The zero-order valence-corrected chi connectivity index (χ0v) is 11.6. The highest BCUT2D eigenvalue weighted by Crippen LogP contribution is 2.18. The smallest absolute Gasteiger partial charge is 0.233 e. The predicted octanol–water partition coefficient (Wildman–Crippen LogP) is 2.34. The highest BCUT2D eigenvalue weighted by Gasteiger charge is 2.11. The van der Waals surface area contributed by atoms with Gasteiger partial charge >= 0.3 is 0 Å². The first kappa shape index (κ1) is 13.5. The van der Waals surface area contributed by atoms with Crippen molar-refractivity contribution in [3.05, 3.63) is 52.7 Å². The molecule has 0 radical (unpaired) electrons. The first-order valence-electron chi connectivity index (χ1n) is 6.29. The van der Waals surface area contributed by atoms with Crippen molar-refractivity contribution in [1.29, 1.82) is 0 Å². The van der Waals surface area contributed by atoms with Crippen molar-refractivity contribution in [2.45, 2.75) is 26.3 Å². The number of aromatic nitrogens is 2. The molecule has 100 valence electrons. The van der Waals surface area contributed by atoms with Crippen LogP contribution in [0.15, 0.2) is 30.3 Å². The van der Waals surface area contributed by atoms with E-state index in [1.54, 1.807) is 13.2 Å². The summed E-state index contributed by atoms with van der Waals surface area (Å²) in [5, 5.41) is 8.05. The van der Waals surface area contributed by atoms with Gasteiger partial charge in [0.05, 0.1) is 18.8 Å². The number of hydrogen-bond acceptors (Lipinski definition) is 4. The van der Waals surface area contributed by atoms with Crippen molar-refractivity contribution in [1.82, 2.24) is 10.2 Å². The molecule has 0 aliphatic heterocycles. The third-order valence-electron chi connectivity index (χ3n) is 3.19. The van der Waals surface area contributed by atoms with E-state index < -0.39 is 0 Å². The monoisotopic (exact) mass is 257 g/mol. The quantitative estimate of drug-likeness (QED) is 0.913. The average Bonchev–Trinajstić information content (AvgIpc) is 2.43. The minimum Gasteiger partial charge on any atom is -0.480 e. The maximum atomic E-state index is 6.19. The lowest BCUT2D eigenvalue weighted by Gasteiger charge is -2.13. The van der Waals surface area contributed by atoms with Crippen LogP contribution < -0.4 is 10.5 Å². The van der Waals surface area contributed by atoms with Gasteiger partial charge in [-0.2, -0.15) is 5.10 Å². The molecule has 0 aliphatic rings. The SMILES string of the molecule is COc1ccc(C(N)Cc2cc(C)ccc2C)nn1. The largest absolute Gasteiger partial charge is 0.480 e. The molecule has 4 nitrogen and oxygen atoms in total. The van der Waals surface area contributed by atoms with Crippen LogP contribution in [0.4, 0.5) is 0 Å². The molecule has 0 saturated carbocycles. The zero-order chi connectivity index (χ0) is 13.8. The molecule has 1 aromatic carbocycles. The van der Waals surface area contributed by atoms with Crippen molar-refractivity contribution in [3.8, 4) is 5.88 Å². The van der Waals surface area contributed by atoms with Crippen LogP contribution in [0.2, 0.25) is 0 Å². The first-order chi connectivity index (χ1) is 9.10. The van der Waals surface area contributed by atoms with Gasteiger partial charge in [-0.05, 0) is 37.5 Å². The van der Waals surface area contributed by atoms with E-state index in [9.17, 15) is 0 Å². The Bertz CT molecular complexity index is 552. The normalized spacial score (nSPS) is 12.2. The summed E-state index contributed by atoms with van der Waals surface area (Å²) in [6.07, 6.45) is 0.758. The summed E-state index contributed by atoms with van der Waals surface area (Å²) >= 11 is 0. The van der Waals surface area contributed by atoms with Crippen LogP contribution in [0, 0.1) is 13.8 Å². The molecule has 1 atom stereocenters. The van der Waals surface area contributed by atoms with Crippen molar-refractivity contribution < 1.29 is 4.74 Å². The van der Waals surface area contributed by atoms with E-state index in [2.05, 4.69) is 42.2 Å². The molecule has 19 heavy (non-hydrogen) atoms. The molecule has 2 N–H and O–H groups in total. The van der Waals surface area contributed by atoms with Crippen LogP contribution in [0.3, 0.4) is 0 Å². The molecule has 0 bridgehead atoms. The molecule has 0 aliphatic carbocycles. The van der Waals surface area contributed by atoms with Gasteiger partial charge in [-0.1, -0.05) is 23.8 Å². The standard InChI is InChI=1S/C15H19N3O/c1-10-4-5-11(2)12(8-10)9-13(16)14-6-7-15(19-3)18-17-14/h4-8,13H,9,16H2,1-3H3. The molecule has 0 spiro atoms. The van der Waals surface area contributed by atoms with E-state index in [-0.39, 0.29) is 6.04 Å². The molecule has 0 amide bonds. The molecular formula is C15H19N3O. The number of methoxy groups -OCH3 is 1. The lowest BCUT2D eigenvalue weighted by molar-refractivity contribution is 0.390. The van der Waals surface area contributed by atoms with Crippen LogP contribution in [0.5, 0.6) is 5.88 Å². The Labute approximate surface area is 113 Å². The highest BCUT2D eigenvalue weighted by molar-refractivity contribution is 5.32. The molecular weight excluding hydrogens is 238 g/mol. The molecule has 1 aromatic heterocycles. The molecule has 4 heteroatoms. The van der Waals surface area contributed by atoms with Gasteiger partial charge in [0.1, 0.15) is 0 Å². The number of hydrogen-bond donors (Lipinski definition) is 1. The van der Waals surface area contributed by atoms with E-state index in [4.69, 9.17) is 10.5 Å². The number of aryl methyl sites for hydroxylation is 2. The summed E-state index contributed by atoms with van der Waals surface area (Å²) in [5.41, 5.74) is 10.7. The maximum Gasteiger partial charge on any atom is 0.233 e. The van der Waals surface area contributed by atoms with Crippen molar-refractivity contribution in [2.24, 2.45) is 5.73 Å². The van der Waals surface area contributed by atoms with Crippen LogP contribution in [-0.4, -0.2) is 17.3 Å². The number of nitrogens with two attached hydrogens (primary N) is 1. The number of ether oxygens (including phenoxy) is 1. The van der Waals surface area contributed by atoms with Gasteiger partial charge in [0.15, 0.2) is 0 Å². The van der Waals surface area contributed by atoms with Gasteiger partial charge in [0.25, 0.3) is 0 Å². The van der Waals surface area contributed by atoms with E-state index >= 15 is 0 Å². The van der Waals surface area contributed by atoms with Crippen LogP contribution in [0.25, 0.3) is 0 Å². The van der Waals surface area contributed by atoms with Gasteiger partial charge in [-0.3, -0.25) is 0 Å². The van der Waals surface area contributed by atoms with Gasteiger partial charge in [-0.25, -0.2) is 0 Å². The Morgan fingerprint density at radius 2 is 1.95 bits per heavy atom. The maximum absolute atomic E-state index is 6.19. The summed E-state index contributed by atoms with van der Waals surface area (Å²) in [4.78, 5) is 0. The van der Waals surface area contributed by atoms with Crippen LogP contribution in [-0.2, 0) is 6.42 Å². The minimum absolute atomic E-state index is 0.154. The summed E-state index contributed by atoms with van der Waals surface area (Å²) < 4.78 is 4.99. The highest BCUT2D eigenvalue weighted by atomic mass is 16.5. The molecule has 1 unspecified atom stereocenters. The van der Waals surface area contributed by atoms with Crippen molar-refractivity contribution >= 4 is 0 Å². The third-order valence-corrected chi connectivity index (χ3v) is 3.19. The molecule has 2 rings (SSSR count). The Morgan fingerprint density at radius 1 is 1.16 bits per heavy atom. The number of nitrogens with zero attached hydrogens (tertiary/aromatic N) is 2. The van der Waals surface area contributed by atoms with Crippen molar-refractivity contribution in [3.63, 3.8) is 0 Å². The second-order valence-electron chi connectivity index (χ2n) is 4.74. The number of benzene rings is 1. The Balaban J connectivity index is 2.15. The van der Waals surface area contributed by atoms with E-state index in [0.29, 0.717) is 5.88 Å². The summed E-state index contributed by atoms with van der Waals surface area (Å²) in [5.74, 6) is 0.502. The number of rotatable bonds is 4. The Hall–Kier alpha value is -1.94. The lowest BCUT2D eigenvalue weighted by atomic mass is 9.98. The fraction of sp³-hybridized carbons (Fsp3) is 0.333. The van der Waals surface area contributed by atoms with Crippen LogP contribution >= 0.6 is 0 Å². The molecule has 0 saturated heterocycles. The average molecular weight is 257 g/mol. The zero-order valence-electron chi connectivity index (χ0n) is 11.6. The van der Waals surface area contributed by atoms with E-state index in [0.717, 1.165) is 12.1 Å². The third kappa shape index (κ3) is 3.29. The molecule has 0 fully saturated rings. The van der Waals surface area contributed by atoms with Gasteiger partial charge in [-0.15, -0.1) is 5.10 Å². The van der Waals surface area contributed by atoms with Gasteiger partial charge in [0.2, 0.25) is 5.88 Å². The summed E-state index contributed by atoms with van der Waals surface area (Å²) in [6, 6.07) is 9.90. The Morgan fingerprint density at radius 3 is 2.58 bits per heavy atom. The topological polar surface area (TPSA) is 61.0 Å².